The van der Waals surface area contributed by atoms with Crippen molar-refractivity contribution in [3.05, 3.63) is 58.0 Å². The van der Waals surface area contributed by atoms with Gasteiger partial charge in [0.2, 0.25) is 0 Å². The minimum atomic E-state index is -0.141. The molecule has 0 saturated carbocycles. The Hall–Kier alpha value is -2.07. The molecule has 0 atom stereocenters. The molecule has 29 heavy (non-hydrogen) atoms. The van der Waals surface area contributed by atoms with Crippen LogP contribution in [0.2, 0.25) is 0 Å². The predicted octanol–water partition coefficient (Wildman–Crippen LogP) is 4.87. The third-order valence-corrected chi connectivity index (χ3v) is 6.45. The number of carbonyl (C=O) groups excluding carboxylic acids is 1. The van der Waals surface area contributed by atoms with E-state index in [0.29, 0.717) is 18.7 Å². The molecule has 0 aliphatic heterocycles. The molecule has 0 unspecified atom stereocenters. The van der Waals surface area contributed by atoms with Gasteiger partial charge in [0, 0.05) is 13.0 Å². The molecule has 2 N–H and O–H groups in total. The fourth-order valence-corrected chi connectivity index (χ4v) is 4.29. The molecular weight excluding hydrogens is 360 g/mol. The largest absolute Gasteiger partial charge is 0.456 e. The van der Waals surface area contributed by atoms with Crippen molar-refractivity contribution in [2.75, 3.05) is 20.1 Å². The molecule has 1 aromatic heterocycles. The summed E-state index contributed by atoms with van der Waals surface area (Å²) in [6, 6.07) is 8.47. The minimum absolute atomic E-state index is 0.141. The van der Waals surface area contributed by atoms with Crippen molar-refractivity contribution in [1.82, 2.24) is 10.6 Å². The fourth-order valence-electron chi connectivity index (χ4n) is 4.29. The van der Waals surface area contributed by atoms with Crippen LogP contribution in [0.1, 0.15) is 85.5 Å². The topological polar surface area (TPSA) is 54.3 Å². The van der Waals surface area contributed by atoms with Gasteiger partial charge in [0.05, 0.1) is 0 Å². The number of rotatable bonds is 7. The second kappa shape index (κ2) is 8.35. The third-order valence-electron chi connectivity index (χ3n) is 6.45. The Labute approximate surface area is 175 Å². The van der Waals surface area contributed by atoms with E-state index in [2.05, 4.69) is 57.4 Å². The van der Waals surface area contributed by atoms with Crippen molar-refractivity contribution >= 4 is 5.91 Å². The second-order valence-electron chi connectivity index (χ2n) is 9.75. The summed E-state index contributed by atoms with van der Waals surface area (Å²) in [4.78, 5) is 12.3. The third kappa shape index (κ3) is 4.75. The average molecular weight is 397 g/mol. The minimum Gasteiger partial charge on any atom is -0.456 e. The second-order valence-corrected chi connectivity index (χ2v) is 9.75. The maximum absolute atomic E-state index is 12.3. The van der Waals surface area contributed by atoms with E-state index in [4.69, 9.17) is 4.42 Å². The van der Waals surface area contributed by atoms with Crippen LogP contribution in [-0.4, -0.2) is 26.0 Å². The number of carbonyl (C=O) groups is 1. The molecule has 2 aromatic rings. The number of aryl methyl sites for hydroxylation is 1. The molecule has 4 heteroatoms. The predicted molar refractivity (Wildman–Crippen MR) is 119 cm³/mol. The molecule has 1 aliphatic carbocycles. The van der Waals surface area contributed by atoms with Gasteiger partial charge in [-0.05, 0) is 85.0 Å². The molecule has 0 fully saturated rings. The smallest absolute Gasteiger partial charge is 0.286 e. The van der Waals surface area contributed by atoms with Crippen molar-refractivity contribution < 1.29 is 9.21 Å². The van der Waals surface area contributed by atoms with Crippen molar-refractivity contribution in [3.63, 3.8) is 0 Å². The van der Waals surface area contributed by atoms with E-state index >= 15 is 0 Å². The quantitative estimate of drug-likeness (QED) is 0.657. The van der Waals surface area contributed by atoms with E-state index in [-0.39, 0.29) is 16.7 Å². The summed E-state index contributed by atoms with van der Waals surface area (Å²) in [5, 5.41) is 5.99. The molecule has 0 saturated heterocycles. The number of nitrogens with one attached hydrogen (secondary N) is 2. The van der Waals surface area contributed by atoms with Crippen molar-refractivity contribution in [2.45, 2.75) is 71.1 Å². The first-order valence-corrected chi connectivity index (χ1v) is 10.8. The summed E-state index contributed by atoms with van der Waals surface area (Å²) in [6.07, 6.45) is 4.03. The highest BCUT2D eigenvalue weighted by molar-refractivity contribution is 5.91. The van der Waals surface area contributed by atoms with Crippen LogP contribution in [0.3, 0.4) is 0 Å². The lowest BCUT2D eigenvalue weighted by Gasteiger charge is -2.42. The average Bonchev–Trinajstić information content (AvgIpc) is 3.12. The molecule has 1 aliphatic rings. The molecular formula is C25H36N2O2. The number of hydrogen-bond acceptors (Lipinski definition) is 3. The van der Waals surface area contributed by atoms with Crippen LogP contribution in [0.5, 0.6) is 0 Å². The van der Waals surface area contributed by atoms with Gasteiger partial charge in [-0.15, -0.1) is 0 Å². The van der Waals surface area contributed by atoms with E-state index in [1.165, 1.54) is 35.1 Å². The first-order chi connectivity index (χ1) is 13.6. The Morgan fingerprint density at radius 1 is 1.03 bits per heavy atom. The molecule has 1 aromatic carbocycles. The van der Waals surface area contributed by atoms with Crippen LogP contribution in [0.25, 0.3) is 0 Å². The zero-order chi connectivity index (χ0) is 21.2. The number of fused-ring (bicyclic) bond motifs is 1. The number of amides is 1. The van der Waals surface area contributed by atoms with E-state index in [9.17, 15) is 4.79 Å². The normalized spacial score (nSPS) is 17.0. The van der Waals surface area contributed by atoms with Crippen LogP contribution < -0.4 is 10.6 Å². The van der Waals surface area contributed by atoms with Crippen molar-refractivity contribution in [1.29, 1.82) is 0 Å². The van der Waals surface area contributed by atoms with Crippen LogP contribution in [0.15, 0.2) is 28.7 Å². The summed E-state index contributed by atoms with van der Waals surface area (Å²) >= 11 is 0. The highest BCUT2D eigenvalue weighted by Crippen LogP contribution is 2.46. The van der Waals surface area contributed by atoms with E-state index in [1.54, 1.807) is 6.07 Å². The number of furan rings is 1. The molecule has 0 radical (unpaired) electrons. The summed E-state index contributed by atoms with van der Waals surface area (Å²) in [7, 11) is 1.91. The van der Waals surface area contributed by atoms with Gasteiger partial charge in [0.15, 0.2) is 5.76 Å². The van der Waals surface area contributed by atoms with Gasteiger partial charge in [-0.2, -0.15) is 0 Å². The first-order valence-electron chi connectivity index (χ1n) is 10.8. The van der Waals surface area contributed by atoms with Crippen LogP contribution in [-0.2, 0) is 17.3 Å². The highest BCUT2D eigenvalue weighted by Gasteiger charge is 2.37. The van der Waals surface area contributed by atoms with E-state index in [1.807, 2.05) is 13.1 Å². The first kappa shape index (κ1) is 21.6. The highest BCUT2D eigenvalue weighted by atomic mass is 16.3. The van der Waals surface area contributed by atoms with Crippen LogP contribution >= 0.6 is 0 Å². The Balaban J connectivity index is 1.78. The number of hydrogen-bond donors (Lipinski definition) is 2. The van der Waals surface area contributed by atoms with Gasteiger partial charge in [-0.25, -0.2) is 0 Å². The monoisotopic (exact) mass is 396 g/mol. The molecule has 4 nitrogen and oxygen atoms in total. The molecule has 158 valence electrons. The lowest BCUT2D eigenvalue weighted by atomic mass is 9.62. The SMILES string of the molecule is CNCCCNC(=O)c1ccc(Cc2cc3c(cc2C)C(C)(C)CCC3(C)C)o1. The van der Waals surface area contributed by atoms with Gasteiger partial charge < -0.3 is 15.1 Å². The maximum Gasteiger partial charge on any atom is 0.286 e. The van der Waals surface area contributed by atoms with E-state index in [0.717, 1.165) is 18.7 Å². The van der Waals surface area contributed by atoms with Crippen molar-refractivity contribution in [2.24, 2.45) is 0 Å². The van der Waals surface area contributed by atoms with Gasteiger partial charge in [0.1, 0.15) is 5.76 Å². The van der Waals surface area contributed by atoms with Gasteiger partial charge in [-0.3, -0.25) is 4.79 Å². The zero-order valence-electron chi connectivity index (χ0n) is 18.9. The van der Waals surface area contributed by atoms with Crippen LogP contribution in [0, 0.1) is 6.92 Å². The summed E-state index contributed by atoms with van der Waals surface area (Å²) in [5.41, 5.74) is 5.93. The van der Waals surface area contributed by atoms with Gasteiger partial charge in [0.25, 0.3) is 5.91 Å². The standard InChI is InChI=1S/C25H36N2O2/c1-17-14-20-21(25(4,5)11-10-24(20,2)3)16-18(17)15-19-8-9-22(29-19)23(28)27-13-7-12-26-6/h8-9,14,16,26H,7,10-13,15H2,1-6H3,(H,27,28). The van der Waals surface area contributed by atoms with Gasteiger partial charge >= 0.3 is 0 Å². The molecule has 0 bridgehead atoms. The van der Waals surface area contributed by atoms with E-state index < -0.39 is 0 Å². The molecule has 1 amide bonds. The van der Waals surface area contributed by atoms with Crippen LogP contribution in [0.4, 0.5) is 0 Å². The molecule has 0 spiro atoms. The maximum atomic E-state index is 12.3. The molecule has 1 heterocycles. The fraction of sp³-hybridized carbons (Fsp3) is 0.560. The Morgan fingerprint density at radius 3 is 2.34 bits per heavy atom. The van der Waals surface area contributed by atoms with Gasteiger partial charge in [-0.1, -0.05) is 39.8 Å². The van der Waals surface area contributed by atoms with Crippen molar-refractivity contribution in [3.8, 4) is 0 Å². The Kier molecular flexibility index (Phi) is 6.23. The molecule has 3 rings (SSSR count). The Morgan fingerprint density at radius 2 is 1.69 bits per heavy atom. The summed E-state index contributed by atoms with van der Waals surface area (Å²) in [6.45, 7) is 13.1. The summed E-state index contributed by atoms with van der Waals surface area (Å²) in [5.74, 6) is 1.08. The zero-order valence-corrected chi connectivity index (χ0v) is 18.9. The lowest BCUT2D eigenvalue weighted by Crippen LogP contribution is -2.34. The lowest BCUT2D eigenvalue weighted by molar-refractivity contribution is 0.0924. The number of benzene rings is 1. The summed E-state index contributed by atoms with van der Waals surface area (Å²) < 4.78 is 5.87. The Bertz CT molecular complexity index is 877.